The lowest BCUT2D eigenvalue weighted by molar-refractivity contribution is -0.137. The molecule has 5 heteroatoms. The summed E-state index contributed by atoms with van der Waals surface area (Å²) in [5, 5.41) is 9.10. The molecule has 3 rings (SSSR count). The number of rotatable bonds is 6. The molecule has 1 amide bonds. The van der Waals surface area contributed by atoms with Gasteiger partial charge in [0.1, 0.15) is 0 Å². The molecule has 1 N–H and O–H groups in total. The molecule has 5 nitrogen and oxygen atoms in total. The maximum absolute atomic E-state index is 12.7. The summed E-state index contributed by atoms with van der Waals surface area (Å²) in [5.74, 6) is -0.704. The van der Waals surface area contributed by atoms with Crippen LogP contribution in [0.2, 0.25) is 0 Å². The average Bonchev–Trinajstić information content (AvgIpc) is 2.69. The molecule has 0 spiro atoms. The van der Waals surface area contributed by atoms with Crippen LogP contribution < -0.4 is 0 Å². The third-order valence-corrected chi connectivity index (χ3v) is 5.12. The van der Waals surface area contributed by atoms with Crippen molar-refractivity contribution in [3.63, 3.8) is 0 Å². The highest BCUT2D eigenvalue weighted by Gasteiger charge is 2.27. The molecular formula is C22H26N2O3. The van der Waals surface area contributed by atoms with Gasteiger partial charge in [-0.3, -0.25) is 14.5 Å². The predicted octanol–water partition coefficient (Wildman–Crippen LogP) is 3.36. The first-order chi connectivity index (χ1) is 13.0. The number of hydrogen-bond donors (Lipinski definition) is 1. The van der Waals surface area contributed by atoms with Crippen LogP contribution in [0.1, 0.15) is 40.4 Å². The Kier molecular flexibility index (Phi) is 6.24. The number of amides is 1. The standard InChI is InChI=1S/C22H26N2O3/c1-17-6-5-9-19(16-17)22(27)24-14-12-23(13-15-24)20(10-11-21(25)26)18-7-3-2-4-8-18/h2-9,16,20H,10-15H2,1H3,(H,25,26)/t20-/m1/s1. The second-order valence-corrected chi connectivity index (χ2v) is 7.06. The quantitative estimate of drug-likeness (QED) is 0.852. The minimum Gasteiger partial charge on any atom is -0.481 e. The van der Waals surface area contributed by atoms with Gasteiger partial charge in [-0.2, -0.15) is 0 Å². The molecule has 142 valence electrons. The van der Waals surface area contributed by atoms with Gasteiger partial charge in [-0.1, -0.05) is 48.0 Å². The number of aliphatic carboxylic acids is 1. The van der Waals surface area contributed by atoms with Crippen LogP contribution in [0.5, 0.6) is 0 Å². The molecule has 0 bridgehead atoms. The third kappa shape index (κ3) is 4.95. The lowest BCUT2D eigenvalue weighted by Crippen LogP contribution is -2.49. The number of aryl methyl sites for hydroxylation is 1. The highest BCUT2D eigenvalue weighted by atomic mass is 16.4. The Labute approximate surface area is 160 Å². The van der Waals surface area contributed by atoms with E-state index in [9.17, 15) is 9.59 Å². The number of hydrogen-bond acceptors (Lipinski definition) is 3. The Morgan fingerprint density at radius 1 is 1.00 bits per heavy atom. The van der Waals surface area contributed by atoms with Crippen LogP contribution in [0.3, 0.4) is 0 Å². The first kappa shape index (κ1) is 19.1. The van der Waals surface area contributed by atoms with Crippen LogP contribution >= 0.6 is 0 Å². The zero-order valence-corrected chi connectivity index (χ0v) is 15.7. The summed E-state index contributed by atoms with van der Waals surface area (Å²) in [5.41, 5.74) is 2.95. The van der Waals surface area contributed by atoms with Gasteiger partial charge in [-0.05, 0) is 31.0 Å². The Morgan fingerprint density at radius 2 is 1.70 bits per heavy atom. The second kappa shape index (κ2) is 8.82. The number of carboxylic acid groups (broad SMARTS) is 1. The summed E-state index contributed by atoms with van der Waals surface area (Å²) in [6.07, 6.45) is 0.715. The van der Waals surface area contributed by atoms with E-state index in [1.807, 2.05) is 54.3 Å². The van der Waals surface area contributed by atoms with Crippen molar-refractivity contribution >= 4 is 11.9 Å². The normalized spacial score (nSPS) is 16.1. The minimum atomic E-state index is -0.774. The fourth-order valence-corrected chi connectivity index (χ4v) is 3.69. The van der Waals surface area contributed by atoms with Crippen molar-refractivity contribution < 1.29 is 14.7 Å². The fourth-order valence-electron chi connectivity index (χ4n) is 3.69. The minimum absolute atomic E-state index is 0.0681. The smallest absolute Gasteiger partial charge is 0.303 e. The van der Waals surface area contributed by atoms with E-state index in [1.54, 1.807) is 0 Å². The van der Waals surface area contributed by atoms with Crippen molar-refractivity contribution in [3.8, 4) is 0 Å². The molecule has 0 radical (unpaired) electrons. The Morgan fingerprint density at radius 3 is 2.33 bits per heavy atom. The van der Waals surface area contributed by atoms with Gasteiger partial charge in [-0.25, -0.2) is 0 Å². The summed E-state index contributed by atoms with van der Waals surface area (Å²) < 4.78 is 0. The van der Waals surface area contributed by atoms with Crippen LogP contribution in [-0.4, -0.2) is 53.0 Å². The number of carboxylic acids is 1. The molecule has 1 atom stereocenters. The number of nitrogens with zero attached hydrogens (tertiary/aromatic N) is 2. The topological polar surface area (TPSA) is 60.9 Å². The maximum atomic E-state index is 12.7. The van der Waals surface area contributed by atoms with Gasteiger partial charge in [0.2, 0.25) is 0 Å². The molecule has 0 aliphatic carbocycles. The van der Waals surface area contributed by atoms with Crippen molar-refractivity contribution in [2.75, 3.05) is 26.2 Å². The molecule has 2 aromatic rings. The highest BCUT2D eigenvalue weighted by Crippen LogP contribution is 2.27. The summed E-state index contributed by atoms with van der Waals surface area (Å²) >= 11 is 0. The summed E-state index contributed by atoms with van der Waals surface area (Å²) in [7, 11) is 0. The van der Waals surface area contributed by atoms with Gasteiger partial charge in [0.25, 0.3) is 5.91 Å². The Bertz CT molecular complexity index is 783. The van der Waals surface area contributed by atoms with E-state index in [-0.39, 0.29) is 18.4 Å². The van der Waals surface area contributed by atoms with E-state index in [1.165, 1.54) is 0 Å². The predicted molar refractivity (Wildman–Crippen MR) is 105 cm³/mol. The second-order valence-electron chi connectivity index (χ2n) is 7.06. The molecule has 1 heterocycles. The number of piperazine rings is 1. The molecule has 27 heavy (non-hydrogen) atoms. The number of benzene rings is 2. The van der Waals surface area contributed by atoms with Crippen molar-refractivity contribution in [2.45, 2.75) is 25.8 Å². The summed E-state index contributed by atoms with van der Waals surface area (Å²) in [4.78, 5) is 28.0. The van der Waals surface area contributed by atoms with Gasteiger partial charge in [-0.15, -0.1) is 0 Å². The zero-order valence-electron chi connectivity index (χ0n) is 15.7. The lowest BCUT2D eigenvalue weighted by atomic mass is 9.99. The summed E-state index contributed by atoms with van der Waals surface area (Å²) in [6, 6.07) is 17.8. The van der Waals surface area contributed by atoms with Crippen molar-refractivity contribution in [2.24, 2.45) is 0 Å². The van der Waals surface area contributed by atoms with Crippen LogP contribution in [-0.2, 0) is 4.79 Å². The SMILES string of the molecule is Cc1cccc(C(=O)N2CCN([C@H](CCC(=O)O)c3ccccc3)CC2)c1. The Hall–Kier alpha value is -2.66. The molecule has 1 fully saturated rings. The number of carbonyl (C=O) groups is 2. The molecule has 0 aromatic heterocycles. The van der Waals surface area contributed by atoms with Crippen molar-refractivity contribution in [3.05, 3.63) is 71.3 Å². The molecule has 1 aliphatic rings. The van der Waals surface area contributed by atoms with Crippen LogP contribution in [0, 0.1) is 6.92 Å². The molecule has 1 aliphatic heterocycles. The molecule has 2 aromatic carbocycles. The average molecular weight is 366 g/mol. The third-order valence-electron chi connectivity index (χ3n) is 5.12. The van der Waals surface area contributed by atoms with E-state index < -0.39 is 5.97 Å². The summed E-state index contributed by atoms with van der Waals surface area (Å²) in [6.45, 7) is 4.79. The first-order valence-electron chi connectivity index (χ1n) is 9.41. The lowest BCUT2D eigenvalue weighted by Gasteiger charge is -2.39. The van der Waals surface area contributed by atoms with E-state index >= 15 is 0 Å². The van der Waals surface area contributed by atoms with Gasteiger partial charge in [0.05, 0.1) is 0 Å². The zero-order chi connectivity index (χ0) is 19.2. The Balaban J connectivity index is 1.66. The van der Waals surface area contributed by atoms with Crippen LogP contribution in [0.15, 0.2) is 54.6 Å². The largest absolute Gasteiger partial charge is 0.481 e. The molecule has 0 saturated carbocycles. The van der Waals surface area contributed by atoms with Gasteiger partial charge < -0.3 is 10.0 Å². The molecule has 0 unspecified atom stereocenters. The van der Waals surface area contributed by atoms with Crippen molar-refractivity contribution in [1.29, 1.82) is 0 Å². The fraction of sp³-hybridized carbons (Fsp3) is 0.364. The van der Waals surface area contributed by atoms with E-state index in [0.717, 1.165) is 29.8 Å². The molecule has 1 saturated heterocycles. The van der Waals surface area contributed by atoms with Gasteiger partial charge in [0.15, 0.2) is 0 Å². The van der Waals surface area contributed by atoms with E-state index in [4.69, 9.17) is 5.11 Å². The highest BCUT2D eigenvalue weighted by molar-refractivity contribution is 5.94. The van der Waals surface area contributed by atoms with Crippen molar-refractivity contribution in [1.82, 2.24) is 9.80 Å². The monoisotopic (exact) mass is 366 g/mol. The van der Waals surface area contributed by atoms with Crippen LogP contribution in [0.25, 0.3) is 0 Å². The molecular weight excluding hydrogens is 340 g/mol. The van der Waals surface area contributed by atoms with E-state index in [2.05, 4.69) is 17.0 Å². The van der Waals surface area contributed by atoms with E-state index in [0.29, 0.717) is 19.5 Å². The number of carbonyl (C=O) groups excluding carboxylic acids is 1. The first-order valence-corrected chi connectivity index (χ1v) is 9.41. The maximum Gasteiger partial charge on any atom is 0.303 e. The van der Waals surface area contributed by atoms with Gasteiger partial charge in [0, 0.05) is 44.2 Å². The van der Waals surface area contributed by atoms with Crippen LogP contribution in [0.4, 0.5) is 0 Å². The van der Waals surface area contributed by atoms with Gasteiger partial charge >= 0.3 is 5.97 Å².